The van der Waals surface area contributed by atoms with Gasteiger partial charge in [-0.2, -0.15) is 4.52 Å². The Morgan fingerprint density at radius 2 is 2.35 bits per heavy atom. The summed E-state index contributed by atoms with van der Waals surface area (Å²) in [6, 6.07) is 0.238. The molecule has 0 radical (unpaired) electrons. The average molecular weight is 236 g/mol. The number of ether oxygens (including phenoxy) is 1. The Kier molecular flexibility index (Phi) is 3.81. The van der Waals surface area contributed by atoms with E-state index in [9.17, 15) is 0 Å². The number of tetrazole rings is 1. The van der Waals surface area contributed by atoms with Gasteiger partial charge in [-0.25, -0.2) is 0 Å². The quantitative estimate of drug-likeness (QED) is 0.797. The molecule has 0 fully saturated rings. The highest BCUT2D eigenvalue weighted by Crippen LogP contribution is 2.10. The predicted octanol–water partition coefficient (Wildman–Crippen LogP) is 0.746. The van der Waals surface area contributed by atoms with Gasteiger partial charge >= 0.3 is 0 Å². The Labute approximate surface area is 99.2 Å². The second-order valence-corrected chi connectivity index (χ2v) is 3.83. The molecule has 0 aliphatic carbocycles. The van der Waals surface area contributed by atoms with Crippen molar-refractivity contribution in [2.75, 3.05) is 19.0 Å². The Bertz CT molecular complexity index is 465. The Balaban J connectivity index is 2.18. The number of hydrogen-bond donors (Lipinski definition) is 1. The summed E-state index contributed by atoms with van der Waals surface area (Å²) in [6.07, 6.45) is 5.43. The average Bonchev–Trinajstić information content (AvgIpc) is 2.79. The predicted molar refractivity (Wildman–Crippen MR) is 62.8 cm³/mol. The highest BCUT2D eigenvalue weighted by Gasteiger charge is 2.10. The van der Waals surface area contributed by atoms with Gasteiger partial charge in [0.2, 0.25) is 0 Å². The van der Waals surface area contributed by atoms with Gasteiger partial charge in [0.1, 0.15) is 0 Å². The van der Waals surface area contributed by atoms with E-state index in [2.05, 4.69) is 32.7 Å². The van der Waals surface area contributed by atoms with Crippen LogP contribution in [0.5, 0.6) is 0 Å². The maximum atomic E-state index is 5.18. The van der Waals surface area contributed by atoms with Crippen LogP contribution in [0.3, 0.4) is 0 Å². The molecule has 17 heavy (non-hydrogen) atoms. The molecule has 1 unspecified atom stereocenters. The first kappa shape index (κ1) is 11.7. The largest absolute Gasteiger partial charge is 0.383 e. The van der Waals surface area contributed by atoms with Crippen molar-refractivity contribution in [1.82, 2.24) is 25.0 Å². The molecule has 7 nitrogen and oxygen atoms in total. The molecule has 0 bridgehead atoms. The summed E-state index contributed by atoms with van der Waals surface area (Å²) in [5.41, 5.74) is 0.627. The van der Waals surface area contributed by atoms with E-state index in [0.29, 0.717) is 12.3 Å². The topological polar surface area (TPSA) is 77.2 Å². The third-order valence-corrected chi connectivity index (χ3v) is 2.47. The minimum Gasteiger partial charge on any atom is -0.383 e. The van der Waals surface area contributed by atoms with Gasteiger partial charge in [0.25, 0.3) is 0 Å². The van der Waals surface area contributed by atoms with Gasteiger partial charge in [-0.1, -0.05) is 13.3 Å². The lowest BCUT2D eigenvalue weighted by Crippen LogP contribution is -2.26. The second-order valence-electron chi connectivity index (χ2n) is 3.83. The fraction of sp³-hybridized carbons (Fsp3) is 0.600. The molecule has 2 aromatic rings. The van der Waals surface area contributed by atoms with Crippen LogP contribution in [-0.4, -0.2) is 44.8 Å². The first-order chi connectivity index (χ1) is 8.35. The van der Waals surface area contributed by atoms with Gasteiger partial charge < -0.3 is 10.1 Å². The molecule has 0 saturated heterocycles. The molecule has 0 amide bonds. The van der Waals surface area contributed by atoms with E-state index in [-0.39, 0.29) is 6.04 Å². The van der Waals surface area contributed by atoms with Crippen LogP contribution < -0.4 is 5.32 Å². The van der Waals surface area contributed by atoms with Gasteiger partial charge in [-0.3, -0.25) is 4.98 Å². The number of anilines is 1. The van der Waals surface area contributed by atoms with Crippen LogP contribution in [0.1, 0.15) is 19.8 Å². The summed E-state index contributed by atoms with van der Waals surface area (Å²) >= 11 is 0. The van der Waals surface area contributed by atoms with Gasteiger partial charge in [-0.15, -0.1) is 5.10 Å². The van der Waals surface area contributed by atoms with Crippen LogP contribution in [0.25, 0.3) is 5.65 Å². The summed E-state index contributed by atoms with van der Waals surface area (Å²) in [5, 5.41) is 14.7. The van der Waals surface area contributed by atoms with Gasteiger partial charge in [0.05, 0.1) is 25.0 Å². The van der Waals surface area contributed by atoms with Crippen LogP contribution in [0.2, 0.25) is 0 Å². The van der Waals surface area contributed by atoms with E-state index >= 15 is 0 Å². The fourth-order valence-electron chi connectivity index (χ4n) is 1.73. The first-order valence-electron chi connectivity index (χ1n) is 5.62. The molecule has 0 aliphatic rings. The Morgan fingerprint density at radius 1 is 1.47 bits per heavy atom. The zero-order valence-electron chi connectivity index (χ0n) is 10.00. The van der Waals surface area contributed by atoms with Crippen molar-refractivity contribution < 1.29 is 4.74 Å². The number of hydrogen-bond acceptors (Lipinski definition) is 6. The number of rotatable bonds is 6. The van der Waals surface area contributed by atoms with Crippen molar-refractivity contribution in [2.24, 2.45) is 0 Å². The SMILES string of the molecule is CCCC(COC)Nc1cncc2nnnn12. The minimum atomic E-state index is 0.238. The zero-order chi connectivity index (χ0) is 12.1. The smallest absolute Gasteiger partial charge is 0.199 e. The number of fused-ring (bicyclic) bond motifs is 1. The Morgan fingerprint density at radius 3 is 3.12 bits per heavy atom. The molecule has 2 rings (SSSR count). The van der Waals surface area contributed by atoms with E-state index in [1.54, 1.807) is 24.0 Å². The Hall–Kier alpha value is -1.76. The van der Waals surface area contributed by atoms with Crippen molar-refractivity contribution in [3.05, 3.63) is 12.4 Å². The van der Waals surface area contributed by atoms with E-state index in [1.807, 2.05) is 0 Å². The normalized spacial score (nSPS) is 12.8. The lowest BCUT2D eigenvalue weighted by atomic mass is 10.2. The van der Waals surface area contributed by atoms with E-state index < -0.39 is 0 Å². The van der Waals surface area contributed by atoms with Crippen LogP contribution in [0.15, 0.2) is 12.4 Å². The molecule has 0 aliphatic heterocycles. The van der Waals surface area contributed by atoms with Crippen LogP contribution in [-0.2, 0) is 4.74 Å². The van der Waals surface area contributed by atoms with Crippen molar-refractivity contribution >= 4 is 11.5 Å². The highest BCUT2D eigenvalue weighted by atomic mass is 16.5. The van der Waals surface area contributed by atoms with Crippen LogP contribution >= 0.6 is 0 Å². The third kappa shape index (κ3) is 2.68. The molecular weight excluding hydrogens is 220 g/mol. The van der Waals surface area contributed by atoms with Gasteiger partial charge in [0, 0.05) is 7.11 Å². The number of aromatic nitrogens is 5. The van der Waals surface area contributed by atoms with Crippen LogP contribution in [0.4, 0.5) is 5.82 Å². The van der Waals surface area contributed by atoms with Gasteiger partial charge in [0.15, 0.2) is 11.5 Å². The lowest BCUT2D eigenvalue weighted by Gasteiger charge is -2.18. The zero-order valence-corrected chi connectivity index (χ0v) is 10.00. The van der Waals surface area contributed by atoms with Crippen molar-refractivity contribution in [3.8, 4) is 0 Å². The number of nitrogens with zero attached hydrogens (tertiary/aromatic N) is 5. The van der Waals surface area contributed by atoms with Crippen molar-refractivity contribution in [2.45, 2.75) is 25.8 Å². The summed E-state index contributed by atoms with van der Waals surface area (Å²) < 4.78 is 6.81. The molecule has 92 valence electrons. The molecule has 7 heteroatoms. The standard InChI is InChI=1S/C10H16N6O/c1-3-4-8(7-17-2)12-9-5-11-6-10-13-14-15-16(9)10/h5-6,8,12H,3-4,7H2,1-2H3. The third-order valence-electron chi connectivity index (χ3n) is 2.47. The second kappa shape index (κ2) is 5.53. The van der Waals surface area contributed by atoms with E-state index in [0.717, 1.165) is 18.7 Å². The van der Waals surface area contributed by atoms with Crippen LogP contribution in [0, 0.1) is 0 Å². The number of methoxy groups -OCH3 is 1. The highest BCUT2D eigenvalue weighted by molar-refractivity contribution is 5.44. The molecule has 2 heterocycles. The summed E-state index contributed by atoms with van der Waals surface area (Å²) in [7, 11) is 1.69. The fourth-order valence-corrected chi connectivity index (χ4v) is 1.73. The molecule has 0 spiro atoms. The molecule has 1 atom stereocenters. The molecule has 0 aromatic carbocycles. The molecule has 1 N–H and O–H groups in total. The number of nitrogens with one attached hydrogen (secondary N) is 1. The molecular formula is C10H16N6O. The monoisotopic (exact) mass is 236 g/mol. The maximum Gasteiger partial charge on any atom is 0.199 e. The van der Waals surface area contributed by atoms with Gasteiger partial charge in [-0.05, 0) is 16.8 Å². The minimum absolute atomic E-state index is 0.238. The summed E-state index contributed by atoms with van der Waals surface area (Å²) in [4.78, 5) is 4.09. The lowest BCUT2D eigenvalue weighted by molar-refractivity contribution is 0.182. The maximum absolute atomic E-state index is 5.18. The molecule has 2 aromatic heterocycles. The first-order valence-corrected chi connectivity index (χ1v) is 5.62. The van der Waals surface area contributed by atoms with Crippen molar-refractivity contribution in [1.29, 1.82) is 0 Å². The van der Waals surface area contributed by atoms with E-state index in [1.165, 1.54) is 0 Å². The summed E-state index contributed by atoms with van der Waals surface area (Å²) in [5.74, 6) is 0.781. The van der Waals surface area contributed by atoms with E-state index in [4.69, 9.17) is 4.74 Å². The molecule has 0 saturated carbocycles. The van der Waals surface area contributed by atoms with Crippen molar-refractivity contribution in [3.63, 3.8) is 0 Å². The summed E-state index contributed by atoms with van der Waals surface area (Å²) in [6.45, 7) is 2.78.